The number of nitrogens with one attached hydrogen (secondary N) is 3. The number of carbonyl (C=O) groups is 3. The van der Waals surface area contributed by atoms with Crippen molar-refractivity contribution in [1.82, 2.24) is 20.3 Å². The van der Waals surface area contributed by atoms with Crippen LogP contribution in [0.2, 0.25) is 0 Å². The normalized spacial score (nSPS) is 19.2. The van der Waals surface area contributed by atoms with Crippen molar-refractivity contribution in [2.75, 3.05) is 13.3 Å². The summed E-state index contributed by atoms with van der Waals surface area (Å²) in [5.41, 5.74) is 0.857. The first-order valence-corrected chi connectivity index (χ1v) is 11.9. The smallest absolute Gasteiger partial charge is 0.328 e. The van der Waals surface area contributed by atoms with Crippen LogP contribution in [-0.2, 0) is 30.9 Å². The lowest BCUT2D eigenvalue weighted by Gasteiger charge is -2.25. The van der Waals surface area contributed by atoms with Crippen LogP contribution in [0, 0.1) is 0 Å². The van der Waals surface area contributed by atoms with E-state index in [-0.39, 0.29) is 18.2 Å². The first-order chi connectivity index (χ1) is 16.2. The summed E-state index contributed by atoms with van der Waals surface area (Å²) in [4.78, 5) is 36.6. The van der Waals surface area contributed by atoms with Crippen molar-refractivity contribution in [3.63, 3.8) is 0 Å². The highest BCUT2D eigenvalue weighted by Gasteiger charge is 2.45. The molecule has 2 aromatic carbocycles. The van der Waals surface area contributed by atoms with Crippen molar-refractivity contribution in [3.8, 4) is 0 Å². The van der Waals surface area contributed by atoms with Gasteiger partial charge in [-0.25, -0.2) is 18.0 Å². The average Bonchev–Trinajstić information content (AvgIpc) is 3.23. The molecule has 3 unspecified atom stereocenters. The van der Waals surface area contributed by atoms with Crippen molar-refractivity contribution in [2.24, 2.45) is 0 Å². The summed E-state index contributed by atoms with van der Waals surface area (Å²) in [6.45, 7) is 0.999. The fourth-order valence-electron chi connectivity index (χ4n) is 3.38. The van der Waals surface area contributed by atoms with Crippen LogP contribution in [0.4, 0.5) is 4.79 Å². The van der Waals surface area contributed by atoms with E-state index >= 15 is 0 Å². The summed E-state index contributed by atoms with van der Waals surface area (Å²) < 4.78 is 32.3. The van der Waals surface area contributed by atoms with Gasteiger partial charge in [-0.1, -0.05) is 48.5 Å². The van der Waals surface area contributed by atoms with Gasteiger partial charge in [0.1, 0.15) is 18.8 Å². The van der Waals surface area contributed by atoms with E-state index in [4.69, 9.17) is 4.74 Å². The molecule has 0 saturated carbocycles. The molecule has 12 heteroatoms. The SMILES string of the molecule is CC1OCN(S(=O)(=O)c2ccccc2)C1C(=O)NC(CNC(=O)NCc1ccccc1)C(=O)O. The Morgan fingerprint density at radius 2 is 1.68 bits per heavy atom. The fraction of sp³-hybridized carbons (Fsp3) is 0.318. The summed E-state index contributed by atoms with van der Waals surface area (Å²) in [6.07, 6.45) is -0.810. The van der Waals surface area contributed by atoms with Crippen LogP contribution in [0.1, 0.15) is 12.5 Å². The number of amides is 3. The van der Waals surface area contributed by atoms with Crippen molar-refractivity contribution in [3.05, 3.63) is 66.2 Å². The zero-order valence-electron chi connectivity index (χ0n) is 18.4. The van der Waals surface area contributed by atoms with Gasteiger partial charge in [0.05, 0.1) is 17.5 Å². The summed E-state index contributed by atoms with van der Waals surface area (Å²) in [5.74, 6) is -2.23. The maximum Gasteiger partial charge on any atom is 0.328 e. The Morgan fingerprint density at radius 3 is 2.29 bits per heavy atom. The minimum absolute atomic E-state index is 0.0166. The molecule has 34 heavy (non-hydrogen) atoms. The molecule has 1 saturated heterocycles. The molecule has 1 fully saturated rings. The van der Waals surface area contributed by atoms with Gasteiger partial charge in [-0.2, -0.15) is 4.31 Å². The molecule has 1 aliphatic rings. The number of carboxylic acid groups (broad SMARTS) is 1. The van der Waals surface area contributed by atoms with Gasteiger partial charge in [0.25, 0.3) is 0 Å². The Bertz CT molecular complexity index is 1110. The lowest BCUT2D eigenvalue weighted by molar-refractivity contribution is -0.142. The van der Waals surface area contributed by atoms with Gasteiger partial charge >= 0.3 is 12.0 Å². The van der Waals surface area contributed by atoms with Gasteiger partial charge < -0.3 is 25.8 Å². The van der Waals surface area contributed by atoms with Crippen molar-refractivity contribution >= 4 is 27.9 Å². The number of benzene rings is 2. The van der Waals surface area contributed by atoms with E-state index in [0.29, 0.717) is 0 Å². The maximum absolute atomic E-state index is 13.0. The Labute approximate surface area is 197 Å². The number of aliphatic carboxylic acids is 1. The van der Waals surface area contributed by atoms with Crippen LogP contribution in [0.5, 0.6) is 0 Å². The summed E-state index contributed by atoms with van der Waals surface area (Å²) >= 11 is 0. The van der Waals surface area contributed by atoms with Crippen LogP contribution in [-0.4, -0.2) is 67.2 Å². The molecular weight excluding hydrogens is 464 g/mol. The third kappa shape index (κ3) is 6.10. The number of rotatable bonds is 9. The second-order valence-corrected chi connectivity index (χ2v) is 9.49. The predicted molar refractivity (Wildman–Crippen MR) is 121 cm³/mol. The Morgan fingerprint density at radius 1 is 1.06 bits per heavy atom. The first kappa shape index (κ1) is 25.1. The standard InChI is InChI=1S/C22H26N4O7S/c1-15-19(26(14-33-15)34(31,32)17-10-6-3-7-11-17)20(27)25-18(21(28)29)13-24-22(30)23-12-16-8-4-2-5-9-16/h2-11,15,18-19H,12-14H2,1H3,(H,25,27)(H,28,29)(H2,23,24,30). The van der Waals surface area contributed by atoms with Crippen LogP contribution >= 0.6 is 0 Å². The van der Waals surface area contributed by atoms with Crippen LogP contribution in [0.25, 0.3) is 0 Å². The molecule has 0 spiro atoms. The highest BCUT2D eigenvalue weighted by molar-refractivity contribution is 7.89. The second-order valence-electron chi connectivity index (χ2n) is 7.60. The molecule has 182 valence electrons. The zero-order valence-corrected chi connectivity index (χ0v) is 19.2. The molecule has 3 amide bonds. The van der Waals surface area contributed by atoms with Gasteiger partial charge in [0.2, 0.25) is 15.9 Å². The summed E-state index contributed by atoms with van der Waals surface area (Å²) in [7, 11) is -4.06. The molecular formula is C22H26N4O7S. The monoisotopic (exact) mass is 490 g/mol. The van der Waals surface area contributed by atoms with E-state index in [1.54, 1.807) is 18.2 Å². The van der Waals surface area contributed by atoms with E-state index in [2.05, 4.69) is 16.0 Å². The number of carboxylic acids is 1. The molecule has 0 radical (unpaired) electrons. The van der Waals surface area contributed by atoms with E-state index in [9.17, 15) is 27.9 Å². The molecule has 1 heterocycles. The zero-order chi connectivity index (χ0) is 24.7. The molecule has 1 aliphatic heterocycles. The Balaban J connectivity index is 1.62. The average molecular weight is 491 g/mol. The molecule has 3 rings (SSSR count). The third-order valence-corrected chi connectivity index (χ3v) is 7.03. The minimum atomic E-state index is -4.06. The summed E-state index contributed by atoms with van der Waals surface area (Å²) in [6, 6.07) is 13.3. The molecule has 0 aromatic heterocycles. The van der Waals surface area contributed by atoms with E-state index < -0.39 is 52.7 Å². The van der Waals surface area contributed by atoms with Gasteiger partial charge in [-0.15, -0.1) is 0 Å². The molecule has 0 bridgehead atoms. The van der Waals surface area contributed by atoms with E-state index in [1.807, 2.05) is 30.3 Å². The number of carbonyl (C=O) groups excluding carboxylic acids is 2. The van der Waals surface area contributed by atoms with Crippen LogP contribution in [0.3, 0.4) is 0 Å². The highest BCUT2D eigenvalue weighted by Crippen LogP contribution is 2.26. The molecule has 4 N–H and O–H groups in total. The maximum atomic E-state index is 13.0. The largest absolute Gasteiger partial charge is 0.480 e. The summed E-state index contributed by atoms with van der Waals surface area (Å²) in [5, 5.41) is 16.8. The number of nitrogens with zero attached hydrogens (tertiary/aromatic N) is 1. The lowest BCUT2D eigenvalue weighted by Crippen LogP contribution is -2.56. The molecule has 11 nitrogen and oxygen atoms in total. The quantitative estimate of drug-likeness (QED) is 0.399. The first-order valence-electron chi connectivity index (χ1n) is 10.5. The Hall–Kier alpha value is -3.48. The fourth-order valence-corrected chi connectivity index (χ4v) is 4.92. The van der Waals surface area contributed by atoms with Crippen LogP contribution < -0.4 is 16.0 Å². The lowest BCUT2D eigenvalue weighted by atomic mass is 10.1. The minimum Gasteiger partial charge on any atom is -0.480 e. The predicted octanol–water partition coefficient (Wildman–Crippen LogP) is 0.491. The number of sulfonamides is 1. The van der Waals surface area contributed by atoms with Gasteiger partial charge in [-0.3, -0.25) is 4.79 Å². The topological polar surface area (TPSA) is 154 Å². The number of ether oxygens (including phenoxy) is 1. The number of urea groups is 1. The van der Waals surface area contributed by atoms with Crippen LogP contribution in [0.15, 0.2) is 65.6 Å². The van der Waals surface area contributed by atoms with Crippen molar-refractivity contribution in [1.29, 1.82) is 0 Å². The molecule has 0 aliphatic carbocycles. The highest BCUT2D eigenvalue weighted by atomic mass is 32.2. The Kier molecular flexibility index (Phi) is 8.21. The number of hydrogen-bond donors (Lipinski definition) is 4. The third-order valence-electron chi connectivity index (χ3n) is 5.22. The molecule has 3 atom stereocenters. The van der Waals surface area contributed by atoms with Crippen molar-refractivity contribution < 1.29 is 32.6 Å². The van der Waals surface area contributed by atoms with Gasteiger partial charge in [0, 0.05) is 6.54 Å². The van der Waals surface area contributed by atoms with Crippen molar-refractivity contribution in [2.45, 2.75) is 36.6 Å². The number of hydrogen-bond acceptors (Lipinski definition) is 6. The van der Waals surface area contributed by atoms with Gasteiger partial charge in [0.15, 0.2) is 0 Å². The second kappa shape index (κ2) is 11.1. The van der Waals surface area contributed by atoms with E-state index in [1.165, 1.54) is 19.1 Å². The molecule has 2 aromatic rings. The van der Waals surface area contributed by atoms with Gasteiger partial charge in [-0.05, 0) is 24.6 Å². The van der Waals surface area contributed by atoms with E-state index in [0.717, 1.165) is 9.87 Å².